The van der Waals surface area contributed by atoms with Crippen molar-refractivity contribution in [3.8, 4) is 0 Å². The highest BCUT2D eigenvalue weighted by molar-refractivity contribution is 6.06. The Morgan fingerprint density at radius 3 is 1.17 bits per heavy atom. The highest BCUT2D eigenvalue weighted by atomic mass is 79.9. The molecule has 0 aromatic heterocycles. The second kappa shape index (κ2) is 23.0. The number of hydrogen-bond donors (Lipinski definition) is 4. The van der Waals surface area contributed by atoms with E-state index in [-0.39, 0.29) is 29.0 Å². The van der Waals surface area contributed by atoms with Crippen LogP contribution in [0.25, 0.3) is 0 Å². The number of benzene rings is 3. The average Bonchev–Trinajstić information content (AvgIpc) is 3.01. The van der Waals surface area contributed by atoms with Crippen LogP contribution in [0.1, 0.15) is 90.2 Å². The minimum absolute atomic E-state index is 0. The molecule has 0 heterocycles. The normalized spacial score (nSPS) is 10.6. The summed E-state index contributed by atoms with van der Waals surface area (Å²) in [5.41, 5.74) is 4.47. The number of carbonyl (C=O) groups excluding carboxylic acids is 2. The second-order valence-corrected chi connectivity index (χ2v) is 12.1. The summed E-state index contributed by atoms with van der Waals surface area (Å²) in [7, 11) is 0. The van der Waals surface area contributed by atoms with E-state index in [1.54, 1.807) is 24.3 Å². The van der Waals surface area contributed by atoms with E-state index in [2.05, 4.69) is 49.0 Å². The molecule has 4 N–H and O–H groups in total. The summed E-state index contributed by atoms with van der Waals surface area (Å²) >= 11 is 0. The number of para-hydroxylation sites is 2. The fourth-order valence-electron chi connectivity index (χ4n) is 5.36. The number of nitrogens with zero attached hydrogens (tertiary/aromatic N) is 1. The summed E-state index contributed by atoms with van der Waals surface area (Å²) in [6.45, 7) is 18.9. The predicted octanol–water partition coefficient (Wildman–Crippen LogP) is 7.60. The van der Waals surface area contributed by atoms with Gasteiger partial charge in [-0.25, -0.2) is 9.59 Å². The minimum Gasteiger partial charge on any atom is -1.00 e. The molecule has 254 valence electrons. The van der Waals surface area contributed by atoms with Crippen LogP contribution in [-0.4, -0.2) is 42.7 Å². The van der Waals surface area contributed by atoms with Crippen LogP contribution >= 0.6 is 0 Å². The highest BCUT2D eigenvalue weighted by Crippen LogP contribution is 2.22. The number of aryl methyl sites for hydroxylation is 2. The van der Waals surface area contributed by atoms with E-state index in [1.807, 2.05) is 62.4 Å². The fourth-order valence-corrected chi connectivity index (χ4v) is 5.36. The van der Waals surface area contributed by atoms with Crippen molar-refractivity contribution in [2.75, 3.05) is 47.4 Å². The number of quaternary nitrogens is 1. The van der Waals surface area contributed by atoms with Crippen molar-refractivity contribution in [2.45, 2.75) is 92.9 Å². The Labute approximate surface area is 289 Å². The van der Waals surface area contributed by atoms with Crippen LogP contribution in [-0.2, 0) is 0 Å². The standard InChI is InChI=1S/C22H22N4O2.C16H36N.BrH/c1-15-7-5-9-17(13-15)23-21(27)25-19-11-3-4-12-20(19)26-22(28)24-18-10-6-8-16(2)14-18;1-5-9-13-17(14-10-6-2,15-11-7-3)16-12-8-4;/h3-14H,1-2H3,(H2,23,25,27)(H2,24,26,28);5-16H2,1-4H3;1H/q;+1;/p-1. The second-order valence-electron chi connectivity index (χ2n) is 12.1. The largest absolute Gasteiger partial charge is 1.00 e. The van der Waals surface area contributed by atoms with Gasteiger partial charge in [-0.15, -0.1) is 0 Å². The number of nitrogens with one attached hydrogen (secondary N) is 4. The molecule has 0 radical (unpaired) electrons. The third-order valence-corrected chi connectivity index (χ3v) is 7.92. The minimum atomic E-state index is -0.390. The van der Waals surface area contributed by atoms with Crippen LogP contribution < -0.4 is 38.2 Å². The van der Waals surface area contributed by atoms with Crippen LogP contribution in [0.15, 0.2) is 72.8 Å². The molecule has 0 aliphatic carbocycles. The molecular weight excluding hydrogens is 638 g/mol. The number of unbranched alkanes of at least 4 members (excludes halogenated alkanes) is 4. The Bertz CT molecular complexity index is 1180. The smallest absolute Gasteiger partial charge is 0.323 e. The quantitative estimate of drug-likeness (QED) is 0.116. The van der Waals surface area contributed by atoms with Gasteiger partial charge in [0.15, 0.2) is 0 Å². The molecule has 0 atom stereocenters. The molecule has 8 heteroatoms. The number of carbonyl (C=O) groups is 2. The first-order valence-electron chi connectivity index (χ1n) is 17.0. The Kier molecular flexibility index (Phi) is 20.4. The third kappa shape index (κ3) is 15.8. The number of urea groups is 2. The van der Waals surface area contributed by atoms with Crippen molar-refractivity contribution in [3.05, 3.63) is 83.9 Å². The van der Waals surface area contributed by atoms with Gasteiger partial charge in [-0.05, 0) is 87.1 Å². The van der Waals surface area contributed by atoms with Crippen molar-refractivity contribution < 1.29 is 31.1 Å². The number of anilines is 4. The van der Waals surface area contributed by atoms with E-state index < -0.39 is 0 Å². The van der Waals surface area contributed by atoms with Crippen LogP contribution in [0, 0.1) is 13.8 Å². The van der Waals surface area contributed by atoms with Gasteiger partial charge in [0, 0.05) is 11.4 Å². The van der Waals surface area contributed by atoms with Gasteiger partial charge in [0.1, 0.15) is 0 Å². The number of halogens is 1. The van der Waals surface area contributed by atoms with Gasteiger partial charge in [-0.1, -0.05) is 89.8 Å². The molecular formula is C38H58BrN5O2. The lowest BCUT2D eigenvalue weighted by molar-refractivity contribution is -0.929. The molecule has 3 aromatic carbocycles. The number of rotatable bonds is 16. The Morgan fingerprint density at radius 2 is 0.870 bits per heavy atom. The Hall–Kier alpha value is -3.36. The summed E-state index contributed by atoms with van der Waals surface area (Å²) in [6.07, 6.45) is 11.1. The van der Waals surface area contributed by atoms with E-state index >= 15 is 0 Å². The topological polar surface area (TPSA) is 82.3 Å². The van der Waals surface area contributed by atoms with Gasteiger partial charge in [0.05, 0.1) is 37.6 Å². The van der Waals surface area contributed by atoms with Gasteiger partial charge < -0.3 is 42.7 Å². The highest BCUT2D eigenvalue weighted by Gasteiger charge is 2.24. The van der Waals surface area contributed by atoms with Gasteiger partial charge in [-0.3, -0.25) is 0 Å². The zero-order chi connectivity index (χ0) is 32.9. The molecule has 0 aliphatic heterocycles. The molecule has 3 rings (SSSR count). The molecule has 0 unspecified atom stereocenters. The zero-order valence-corrected chi connectivity index (χ0v) is 30.6. The lowest BCUT2D eigenvalue weighted by Gasteiger charge is -2.39. The van der Waals surface area contributed by atoms with Gasteiger partial charge in [0.25, 0.3) is 0 Å². The third-order valence-electron chi connectivity index (χ3n) is 7.92. The summed E-state index contributed by atoms with van der Waals surface area (Å²) in [5.74, 6) is 0. The van der Waals surface area contributed by atoms with Crippen molar-refractivity contribution in [3.63, 3.8) is 0 Å². The van der Waals surface area contributed by atoms with E-state index in [1.165, 1.54) is 82.0 Å². The first-order valence-corrected chi connectivity index (χ1v) is 17.0. The molecule has 0 spiro atoms. The lowest BCUT2D eigenvalue weighted by atomic mass is 10.1. The Balaban J connectivity index is 0.000000510. The molecule has 4 amide bonds. The van der Waals surface area contributed by atoms with Crippen molar-refractivity contribution in [1.29, 1.82) is 0 Å². The average molecular weight is 697 g/mol. The van der Waals surface area contributed by atoms with Crippen molar-refractivity contribution in [2.24, 2.45) is 0 Å². The molecule has 46 heavy (non-hydrogen) atoms. The van der Waals surface area contributed by atoms with Crippen molar-refractivity contribution in [1.82, 2.24) is 0 Å². The molecule has 0 fully saturated rings. The molecule has 0 bridgehead atoms. The fraction of sp³-hybridized carbons (Fsp3) is 0.474. The molecule has 0 saturated carbocycles. The van der Waals surface area contributed by atoms with Gasteiger partial charge in [0.2, 0.25) is 0 Å². The molecule has 0 saturated heterocycles. The summed E-state index contributed by atoms with van der Waals surface area (Å²) in [6, 6.07) is 21.2. The van der Waals surface area contributed by atoms with Crippen LogP contribution in [0.5, 0.6) is 0 Å². The Morgan fingerprint density at radius 1 is 0.522 bits per heavy atom. The van der Waals surface area contributed by atoms with Crippen molar-refractivity contribution >= 4 is 34.8 Å². The molecule has 0 aliphatic rings. The molecule has 3 aromatic rings. The summed E-state index contributed by atoms with van der Waals surface area (Å²) in [5, 5.41) is 11.1. The summed E-state index contributed by atoms with van der Waals surface area (Å²) < 4.78 is 1.42. The van der Waals surface area contributed by atoms with E-state index in [9.17, 15) is 9.59 Å². The SMILES string of the molecule is CCCC[N+](CCCC)(CCCC)CCCC.Cc1cccc(NC(=O)Nc2ccccc2NC(=O)Nc2cccc(C)c2)c1.[Br-]. The van der Waals surface area contributed by atoms with Crippen LogP contribution in [0.4, 0.5) is 32.3 Å². The lowest BCUT2D eigenvalue weighted by Crippen LogP contribution is -3.00. The van der Waals surface area contributed by atoms with E-state index in [0.717, 1.165) is 11.1 Å². The predicted molar refractivity (Wildman–Crippen MR) is 193 cm³/mol. The van der Waals surface area contributed by atoms with Gasteiger partial charge in [-0.2, -0.15) is 0 Å². The zero-order valence-electron chi connectivity index (χ0n) is 29.1. The summed E-state index contributed by atoms with van der Waals surface area (Å²) in [4.78, 5) is 24.6. The maximum Gasteiger partial charge on any atom is 0.323 e. The van der Waals surface area contributed by atoms with Crippen LogP contribution in [0.2, 0.25) is 0 Å². The number of hydrogen-bond acceptors (Lipinski definition) is 2. The first kappa shape index (κ1) is 40.7. The molecule has 7 nitrogen and oxygen atoms in total. The first-order chi connectivity index (χ1) is 21.7. The monoisotopic (exact) mass is 695 g/mol. The van der Waals surface area contributed by atoms with E-state index in [4.69, 9.17) is 0 Å². The maximum absolute atomic E-state index is 12.3. The number of amides is 4. The van der Waals surface area contributed by atoms with Gasteiger partial charge >= 0.3 is 12.1 Å². The van der Waals surface area contributed by atoms with Crippen LogP contribution in [0.3, 0.4) is 0 Å². The van der Waals surface area contributed by atoms with E-state index in [0.29, 0.717) is 22.7 Å². The maximum atomic E-state index is 12.3.